The lowest BCUT2D eigenvalue weighted by molar-refractivity contribution is -0.123. The Morgan fingerprint density at radius 3 is 2.79 bits per heavy atom. The molecule has 3 aromatic heterocycles. The molecule has 8 heteroatoms. The second-order valence-corrected chi connectivity index (χ2v) is 7.11. The molecule has 1 unspecified atom stereocenters. The van der Waals surface area contributed by atoms with E-state index in [1.165, 1.54) is 17.6 Å². The van der Waals surface area contributed by atoms with Gasteiger partial charge in [0.15, 0.2) is 10.7 Å². The molecule has 2 amide bonds. The predicted octanol–water partition coefficient (Wildman–Crippen LogP) is 2.65. The van der Waals surface area contributed by atoms with Crippen LogP contribution in [0.1, 0.15) is 21.8 Å². The van der Waals surface area contributed by atoms with Crippen LogP contribution in [-0.4, -0.2) is 27.2 Å². The van der Waals surface area contributed by atoms with Crippen LogP contribution in [0, 0.1) is 0 Å². The highest BCUT2D eigenvalue weighted by molar-refractivity contribution is 7.15. The summed E-state index contributed by atoms with van der Waals surface area (Å²) in [5, 5.41) is 7.57. The summed E-state index contributed by atoms with van der Waals surface area (Å²) in [6.45, 7) is 0.287. The van der Waals surface area contributed by atoms with Gasteiger partial charge in [0.1, 0.15) is 6.04 Å². The second kappa shape index (κ2) is 8.10. The Morgan fingerprint density at radius 1 is 1.18 bits per heavy atom. The molecule has 2 N–H and O–H groups in total. The van der Waals surface area contributed by atoms with Crippen molar-refractivity contribution in [1.29, 1.82) is 0 Å². The van der Waals surface area contributed by atoms with E-state index in [2.05, 4.69) is 15.6 Å². The van der Waals surface area contributed by atoms with Crippen LogP contribution in [0.4, 0.5) is 0 Å². The number of nitrogens with zero attached hydrogens (tertiary/aromatic N) is 2. The van der Waals surface area contributed by atoms with Gasteiger partial charge in [0.05, 0.1) is 18.5 Å². The fourth-order valence-electron chi connectivity index (χ4n) is 2.86. The van der Waals surface area contributed by atoms with Gasteiger partial charge < -0.3 is 15.1 Å². The molecule has 0 saturated carbocycles. The van der Waals surface area contributed by atoms with Crippen molar-refractivity contribution >= 4 is 28.1 Å². The number of carbonyl (C=O) groups is 2. The lowest BCUT2D eigenvalue weighted by Crippen LogP contribution is -2.47. The van der Waals surface area contributed by atoms with E-state index in [1.54, 1.807) is 12.1 Å². The van der Waals surface area contributed by atoms with Gasteiger partial charge in [-0.1, -0.05) is 30.3 Å². The van der Waals surface area contributed by atoms with E-state index < -0.39 is 11.9 Å². The highest BCUT2D eigenvalue weighted by Crippen LogP contribution is 2.11. The summed E-state index contributed by atoms with van der Waals surface area (Å²) in [6, 6.07) is 12.0. The van der Waals surface area contributed by atoms with Crippen LogP contribution in [0.15, 0.2) is 70.9 Å². The Morgan fingerprint density at radius 2 is 2.04 bits per heavy atom. The summed E-state index contributed by atoms with van der Waals surface area (Å²) in [4.78, 5) is 30.5. The molecule has 0 saturated heterocycles. The van der Waals surface area contributed by atoms with Crippen LogP contribution in [0.25, 0.3) is 4.96 Å². The Bertz CT molecular complexity index is 1040. The van der Waals surface area contributed by atoms with Crippen LogP contribution in [0.2, 0.25) is 0 Å². The lowest BCUT2D eigenvalue weighted by atomic mass is 10.0. The highest BCUT2D eigenvalue weighted by atomic mass is 32.1. The normalized spacial score (nSPS) is 12.0. The third-order valence-electron chi connectivity index (χ3n) is 4.24. The van der Waals surface area contributed by atoms with Gasteiger partial charge in [-0.2, -0.15) is 0 Å². The summed E-state index contributed by atoms with van der Waals surface area (Å²) in [7, 11) is 0. The molecule has 0 aliphatic heterocycles. The molecule has 0 aliphatic rings. The molecule has 4 aromatic rings. The van der Waals surface area contributed by atoms with Crippen molar-refractivity contribution in [3.8, 4) is 0 Å². The van der Waals surface area contributed by atoms with Gasteiger partial charge >= 0.3 is 0 Å². The van der Waals surface area contributed by atoms with Gasteiger partial charge in [-0.25, -0.2) is 4.98 Å². The van der Waals surface area contributed by atoms with E-state index >= 15 is 0 Å². The molecule has 4 rings (SSSR count). The number of benzene rings is 1. The quantitative estimate of drug-likeness (QED) is 0.504. The van der Waals surface area contributed by atoms with Crippen LogP contribution in [0.3, 0.4) is 0 Å². The Balaban J connectivity index is 1.45. The Hall–Kier alpha value is -3.39. The summed E-state index contributed by atoms with van der Waals surface area (Å²) in [6.07, 6.45) is 5.59. The van der Waals surface area contributed by atoms with Crippen molar-refractivity contribution < 1.29 is 14.0 Å². The van der Waals surface area contributed by atoms with Gasteiger partial charge in [-0.15, -0.1) is 11.3 Å². The summed E-state index contributed by atoms with van der Waals surface area (Å²) in [5.74, 6) is -0.538. The number of aromatic nitrogens is 2. The first-order chi connectivity index (χ1) is 13.7. The minimum absolute atomic E-state index is 0.167. The van der Waals surface area contributed by atoms with E-state index in [0.29, 0.717) is 6.42 Å². The summed E-state index contributed by atoms with van der Waals surface area (Å²) >= 11 is 1.53. The van der Waals surface area contributed by atoms with Crippen molar-refractivity contribution in [1.82, 2.24) is 20.0 Å². The van der Waals surface area contributed by atoms with E-state index in [-0.39, 0.29) is 18.2 Å². The predicted molar refractivity (Wildman–Crippen MR) is 105 cm³/mol. The maximum absolute atomic E-state index is 12.8. The van der Waals surface area contributed by atoms with Crippen LogP contribution < -0.4 is 10.6 Å². The molecule has 0 bridgehead atoms. The molecule has 0 spiro atoms. The average Bonchev–Trinajstić information content (AvgIpc) is 3.43. The number of imidazole rings is 1. The summed E-state index contributed by atoms with van der Waals surface area (Å²) < 4.78 is 7.03. The Labute approximate surface area is 165 Å². The smallest absolute Gasteiger partial charge is 0.287 e. The number of thiazole rings is 1. The number of hydrogen-bond acceptors (Lipinski definition) is 5. The molecule has 0 aliphatic carbocycles. The zero-order valence-electron chi connectivity index (χ0n) is 14.9. The average molecular weight is 394 g/mol. The number of hydrogen-bond donors (Lipinski definition) is 2. The third kappa shape index (κ3) is 4.12. The molecule has 28 heavy (non-hydrogen) atoms. The number of carbonyl (C=O) groups excluding carboxylic acids is 2. The largest absolute Gasteiger partial charge is 0.459 e. The molecule has 1 atom stereocenters. The van der Waals surface area contributed by atoms with Crippen molar-refractivity contribution in [3.63, 3.8) is 0 Å². The van der Waals surface area contributed by atoms with Crippen LogP contribution in [0.5, 0.6) is 0 Å². The fourth-order valence-corrected chi connectivity index (χ4v) is 3.58. The number of amides is 2. The molecular weight excluding hydrogens is 376 g/mol. The monoisotopic (exact) mass is 394 g/mol. The molecular formula is C20H18N4O3S. The second-order valence-electron chi connectivity index (χ2n) is 6.24. The van der Waals surface area contributed by atoms with E-state index in [9.17, 15) is 9.59 Å². The maximum Gasteiger partial charge on any atom is 0.287 e. The van der Waals surface area contributed by atoms with Gasteiger partial charge in [0.2, 0.25) is 5.91 Å². The highest BCUT2D eigenvalue weighted by Gasteiger charge is 2.23. The first-order valence-electron chi connectivity index (χ1n) is 8.76. The maximum atomic E-state index is 12.8. The molecule has 1 aromatic carbocycles. The number of nitrogens with one attached hydrogen (secondary N) is 2. The van der Waals surface area contributed by atoms with E-state index in [0.717, 1.165) is 16.2 Å². The number of rotatable bonds is 7. The number of fused-ring (bicyclic) bond motifs is 1. The van der Waals surface area contributed by atoms with E-state index in [4.69, 9.17) is 4.42 Å². The lowest BCUT2D eigenvalue weighted by Gasteiger charge is -2.18. The summed E-state index contributed by atoms with van der Waals surface area (Å²) in [5.41, 5.74) is 1.71. The van der Waals surface area contributed by atoms with Crippen molar-refractivity contribution in [2.45, 2.75) is 19.0 Å². The molecule has 0 radical (unpaired) electrons. The zero-order valence-corrected chi connectivity index (χ0v) is 15.7. The first kappa shape index (κ1) is 18.0. The minimum Gasteiger partial charge on any atom is -0.459 e. The molecule has 0 fully saturated rings. The minimum atomic E-state index is -0.733. The Kier molecular flexibility index (Phi) is 5.20. The number of furan rings is 1. The van der Waals surface area contributed by atoms with Gasteiger partial charge in [-0.05, 0) is 17.7 Å². The van der Waals surface area contributed by atoms with Crippen LogP contribution >= 0.6 is 11.3 Å². The van der Waals surface area contributed by atoms with Crippen molar-refractivity contribution in [2.75, 3.05) is 0 Å². The topological polar surface area (TPSA) is 88.6 Å². The standard InChI is InChI=1S/C20H18N4O3S/c25-18(21-12-15-13-24-8-10-28-20(24)22-15)16(11-14-5-2-1-3-6-14)23-19(26)17-7-4-9-27-17/h1-10,13,16H,11-12H2,(H,21,25)(H,23,26). The van der Waals surface area contributed by atoms with Crippen LogP contribution in [-0.2, 0) is 17.8 Å². The molecule has 7 nitrogen and oxygen atoms in total. The van der Waals surface area contributed by atoms with Gasteiger partial charge in [-0.3, -0.25) is 14.0 Å². The van der Waals surface area contributed by atoms with Gasteiger partial charge in [0.25, 0.3) is 5.91 Å². The molecule has 3 heterocycles. The fraction of sp³-hybridized carbons (Fsp3) is 0.150. The zero-order chi connectivity index (χ0) is 19.3. The van der Waals surface area contributed by atoms with E-state index in [1.807, 2.05) is 52.5 Å². The van der Waals surface area contributed by atoms with Gasteiger partial charge in [0, 0.05) is 24.2 Å². The van der Waals surface area contributed by atoms with Crippen molar-refractivity contribution in [3.05, 3.63) is 83.5 Å². The van der Waals surface area contributed by atoms with Crippen molar-refractivity contribution in [2.24, 2.45) is 0 Å². The third-order valence-corrected chi connectivity index (χ3v) is 5.01. The SMILES string of the molecule is O=C(NC(Cc1ccccc1)C(=O)NCc1cn2ccsc2n1)c1ccco1. The first-order valence-corrected chi connectivity index (χ1v) is 9.64. The molecule has 142 valence electrons.